The first kappa shape index (κ1) is 26.3. The molecule has 4 rings (SSSR count). The smallest absolute Gasteiger partial charge is 0.324 e. The van der Waals surface area contributed by atoms with E-state index in [1.807, 2.05) is 46.2 Å². The van der Waals surface area contributed by atoms with Crippen LogP contribution in [0.4, 0.5) is 10.5 Å². The maximum atomic E-state index is 13.5. The van der Waals surface area contributed by atoms with Gasteiger partial charge in [0.05, 0.1) is 33.6 Å². The molecular weight excluding hydrogens is 468 g/mol. The molecule has 8 nitrogen and oxygen atoms in total. The summed E-state index contributed by atoms with van der Waals surface area (Å²) in [5, 5.41) is 7.79. The van der Waals surface area contributed by atoms with Crippen LogP contribution in [0.1, 0.15) is 49.3 Å². The number of aromatic nitrogens is 2. The van der Waals surface area contributed by atoms with Crippen LogP contribution >= 0.6 is 0 Å². The van der Waals surface area contributed by atoms with Crippen molar-refractivity contribution in [1.29, 1.82) is 0 Å². The van der Waals surface area contributed by atoms with E-state index in [-0.39, 0.29) is 6.03 Å². The fourth-order valence-electron chi connectivity index (χ4n) is 4.54. The van der Waals surface area contributed by atoms with Gasteiger partial charge in [0.25, 0.3) is 0 Å². The fraction of sp³-hybridized carbons (Fsp3) is 0.414. The van der Waals surface area contributed by atoms with E-state index in [0.717, 1.165) is 60.2 Å². The molecule has 0 aliphatic carbocycles. The van der Waals surface area contributed by atoms with Crippen LogP contribution in [-0.4, -0.2) is 55.0 Å². The monoisotopic (exact) mass is 504 g/mol. The molecule has 0 atom stereocenters. The number of rotatable bonds is 12. The molecule has 1 saturated heterocycles. The Labute approximate surface area is 219 Å². The second-order valence-electron chi connectivity index (χ2n) is 9.17. The zero-order valence-corrected chi connectivity index (χ0v) is 22.0. The minimum Gasteiger partial charge on any atom is -0.496 e. The molecule has 1 aliphatic rings. The number of nitrogens with zero attached hydrogens (tertiary/aromatic N) is 4. The molecule has 2 aromatic carbocycles. The summed E-state index contributed by atoms with van der Waals surface area (Å²) in [5.41, 5.74) is 3.99. The van der Waals surface area contributed by atoms with Gasteiger partial charge in [-0.05, 0) is 54.7 Å². The normalized spacial score (nSPS) is 13.5. The number of carbonyl (C=O) groups excluding carboxylic acids is 1. The van der Waals surface area contributed by atoms with Gasteiger partial charge in [-0.2, -0.15) is 10.2 Å². The lowest BCUT2D eigenvalue weighted by Gasteiger charge is -2.36. The molecule has 0 spiro atoms. The summed E-state index contributed by atoms with van der Waals surface area (Å²) < 4.78 is 17.2. The molecule has 8 heteroatoms. The number of unbranched alkanes of at least 4 members (excludes halogenated alkanes) is 2. The van der Waals surface area contributed by atoms with E-state index >= 15 is 0 Å². The van der Waals surface area contributed by atoms with Crippen molar-refractivity contribution in [3.05, 3.63) is 71.5 Å². The van der Waals surface area contributed by atoms with Gasteiger partial charge < -0.3 is 19.1 Å². The van der Waals surface area contributed by atoms with Crippen molar-refractivity contribution >= 4 is 11.7 Å². The van der Waals surface area contributed by atoms with Gasteiger partial charge in [-0.15, -0.1) is 0 Å². The number of methoxy groups -OCH3 is 2. The Kier molecular flexibility index (Phi) is 9.18. The molecule has 3 aromatic rings. The number of carbonyl (C=O) groups is 1. The van der Waals surface area contributed by atoms with Crippen LogP contribution in [0.2, 0.25) is 0 Å². The third-order valence-corrected chi connectivity index (χ3v) is 6.54. The Bertz CT molecular complexity index is 1170. The lowest BCUT2D eigenvalue weighted by Crippen LogP contribution is -2.49. The van der Waals surface area contributed by atoms with Gasteiger partial charge in [-0.3, -0.25) is 4.90 Å². The van der Waals surface area contributed by atoms with E-state index in [0.29, 0.717) is 37.7 Å². The summed E-state index contributed by atoms with van der Waals surface area (Å²) in [6.45, 7) is 4.62. The Hall–Kier alpha value is -3.81. The zero-order chi connectivity index (χ0) is 26.0. The predicted octanol–water partition coefficient (Wildman–Crippen LogP) is 5.49. The van der Waals surface area contributed by atoms with E-state index in [9.17, 15) is 4.79 Å². The van der Waals surface area contributed by atoms with Crippen LogP contribution in [0.15, 0.2) is 54.9 Å². The summed E-state index contributed by atoms with van der Waals surface area (Å²) in [7, 11) is 3.30. The number of anilines is 1. The van der Waals surface area contributed by atoms with Crippen LogP contribution in [-0.2, 0) is 13.0 Å². The van der Waals surface area contributed by atoms with Gasteiger partial charge in [0.1, 0.15) is 5.75 Å². The van der Waals surface area contributed by atoms with E-state index < -0.39 is 0 Å². The third-order valence-electron chi connectivity index (χ3n) is 6.54. The molecule has 0 saturated carbocycles. The van der Waals surface area contributed by atoms with Crippen molar-refractivity contribution in [2.75, 3.05) is 38.8 Å². The van der Waals surface area contributed by atoms with Crippen LogP contribution in [0, 0.1) is 0 Å². The number of urea groups is 1. The van der Waals surface area contributed by atoms with E-state index in [1.165, 1.54) is 0 Å². The Morgan fingerprint density at radius 1 is 0.892 bits per heavy atom. The average molecular weight is 505 g/mol. The quantitative estimate of drug-likeness (QED) is 0.304. The lowest BCUT2D eigenvalue weighted by atomic mass is 10.0. The van der Waals surface area contributed by atoms with E-state index in [4.69, 9.17) is 14.2 Å². The largest absolute Gasteiger partial charge is 0.496 e. The predicted molar refractivity (Wildman–Crippen MR) is 144 cm³/mol. The van der Waals surface area contributed by atoms with Gasteiger partial charge in [0.15, 0.2) is 11.5 Å². The summed E-state index contributed by atoms with van der Waals surface area (Å²) in [6.07, 6.45) is 8.31. The second-order valence-corrected chi connectivity index (χ2v) is 9.17. The van der Waals surface area contributed by atoms with Crippen LogP contribution < -0.4 is 19.1 Å². The van der Waals surface area contributed by atoms with Crippen molar-refractivity contribution in [2.24, 2.45) is 0 Å². The van der Waals surface area contributed by atoms with Gasteiger partial charge >= 0.3 is 6.03 Å². The molecule has 37 heavy (non-hydrogen) atoms. The molecule has 1 aliphatic heterocycles. The standard InChI is InChI=1S/C29H36N4O4/c1-4-5-6-16-37-28-19-25(10-11-26(28)35-2)33-15-7-14-32(29(33)34)21-24-9-8-22(18-27(24)36-3)17-23-12-13-30-31-20-23/h8-13,18-20H,4-7,14-17,21H2,1-3H3. The number of hydrogen-bond acceptors (Lipinski definition) is 6. The lowest BCUT2D eigenvalue weighted by molar-refractivity contribution is 0.191. The molecule has 0 bridgehead atoms. The van der Waals surface area contributed by atoms with Crippen molar-refractivity contribution in [1.82, 2.24) is 15.1 Å². The summed E-state index contributed by atoms with van der Waals surface area (Å²) >= 11 is 0. The molecule has 0 radical (unpaired) electrons. The maximum Gasteiger partial charge on any atom is 0.324 e. The molecule has 1 aromatic heterocycles. The van der Waals surface area contributed by atoms with E-state index in [1.54, 1.807) is 26.6 Å². The topological polar surface area (TPSA) is 77.0 Å². The highest BCUT2D eigenvalue weighted by molar-refractivity contribution is 5.93. The zero-order valence-electron chi connectivity index (χ0n) is 22.0. The van der Waals surface area contributed by atoms with Gasteiger partial charge in [0.2, 0.25) is 0 Å². The van der Waals surface area contributed by atoms with Crippen molar-refractivity contribution < 1.29 is 19.0 Å². The minimum atomic E-state index is -0.0256. The van der Waals surface area contributed by atoms with E-state index in [2.05, 4.69) is 23.2 Å². The number of hydrogen-bond donors (Lipinski definition) is 0. The van der Waals surface area contributed by atoms with Crippen LogP contribution in [0.25, 0.3) is 0 Å². The molecule has 196 valence electrons. The first-order valence-corrected chi connectivity index (χ1v) is 12.9. The maximum absolute atomic E-state index is 13.5. The molecular formula is C29H36N4O4. The highest BCUT2D eigenvalue weighted by Gasteiger charge is 2.28. The fourth-order valence-corrected chi connectivity index (χ4v) is 4.54. The number of benzene rings is 2. The summed E-state index contributed by atoms with van der Waals surface area (Å²) in [5.74, 6) is 2.12. The van der Waals surface area contributed by atoms with Crippen molar-refractivity contribution in [3.63, 3.8) is 0 Å². The highest BCUT2D eigenvalue weighted by atomic mass is 16.5. The van der Waals surface area contributed by atoms with Crippen molar-refractivity contribution in [3.8, 4) is 17.2 Å². The third kappa shape index (κ3) is 6.70. The Balaban J connectivity index is 1.47. The molecule has 2 amide bonds. The first-order chi connectivity index (χ1) is 18.1. The number of amides is 2. The average Bonchev–Trinajstić information content (AvgIpc) is 2.93. The van der Waals surface area contributed by atoms with Crippen molar-refractivity contribution in [2.45, 2.75) is 45.6 Å². The van der Waals surface area contributed by atoms with Gasteiger partial charge in [-0.25, -0.2) is 4.79 Å². The molecule has 0 N–H and O–H groups in total. The van der Waals surface area contributed by atoms with Gasteiger partial charge in [0, 0.05) is 36.6 Å². The summed E-state index contributed by atoms with van der Waals surface area (Å²) in [6, 6.07) is 13.8. The molecule has 1 fully saturated rings. The summed E-state index contributed by atoms with van der Waals surface area (Å²) in [4.78, 5) is 17.2. The molecule has 0 unspecified atom stereocenters. The Morgan fingerprint density at radius 3 is 2.51 bits per heavy atom. The Morgan fingerprint density at radius 2 is 1.76 bits per heavy atom. The SMILES string of the molecule is CCCCCOc1cc(N2CCCN(Cc3ccc(Cc4ccnnc4)cc3OC)C2=O)ccc1OC. The second kappa shape index (κ2) is 12.9. The van der Waals surface area contributed by atoms with Gasteiger partial charge in [-0.1, -0.05) is 31.9 Å². The highest BCUT2D eigenvalue weighted by Crippen LogP contribution is 2.34. The van der Waals surface area contributed by atoms with Crippen LogP contribution in [0.5, 0.6) is 17.2 Å². The van der Waals surface area contributed by atoms with Crippen LogP contribution in [0.3, 0.4) is 0 Å². The first-order valence-electron chi connectivity index (χ1n) is 12.9. The molecule has 2 heterocycles. The number of ether oxygens (including phenoxy) is 3. The minimum absolute atomic E-state index is 0.0256.